The Bertz CT molecular complexity index is 918. The zero-order valence-corrected chi connectivity index (χ0v) is 26.4. The number of allylic oxidation sites excluding steroid dienone is 2. The van der Waals surface area contributed by atoms with Crippen molar-refractivity contribution in [2.45, 2.75) is 99.7 Å². The molecule has 8 nitrogen and oxygen atoms in total. The molecule has 0 radical (unpaired) electrons. The van der Waals surface area contributed by atoms with E-state index in [4.69, 9.17) is 18.9 Å². The summed E-state index contributed by atoms with van der Waals surface area (Å²) in [6, 6.07) is -0.0919. The van der Waals surface area contributed by atoms with Gasteiger partial charge in [-0.15, -0.1) is 0 Å². The molecule has 1 amide bonds. The Morgan fingerprint density at radius 1 is 1.27 bits per heavy atom. The van der Waals surface area contributed by atoms with Crippen LogP contribution in [0.1, 0.15) is 53.9 Å². The lowest BCUT2D eigenvalue weighted by Crippen LogP contribution is -2.54. The van der Waals surface area contributed by atoms with Crippen LogP contribution in [0.2, 0.25) is 0 Å². The lowest BCUT2D eigenvalue weighted by molar-refractivity contribution is -0.143. The summed E-state index contributed by atoms with van der Waals surface area (Å²) >= 11 is 4.66. The number of aliphatic hydroxyl groups is 1. The van der Waals surface area contributed by atoms with Crippen molar-refractivity contribution in [3.8, 4) is 0 Å². The fraction of sp³-hybridized carbons (Fsp3) is 0.704. The number of hydrogen-bond donors (Lipinski definition) is 2. The second-order valence-electron chi connectivity index (χ2n) is 10.5. The highest BCUT2D eigenvalue weighted by Gasteiger charge is 2.61. The first kappa shape index (κ1) is 31.0. The standard InChI is InChI=1S/C27H39I2NO7/c1-16(7-10-23-25(33)26(15-34-26)13-27(29,14-28)37-23)6-9-22-17(2)12-21(19(4)36-22)30-24(32)11-8-18(3)35-20(5)31/h6-8,10-11,17-19,21-23,25,33H,9,12-15H2,1-5H3,(H,30,32)/b10-7+,11-8-,16-6+/t17-,18-,19+,21+,22-,23+,25+,26+,27+/m0/s1. The van der Waals surface area contributed by atoms with E-state index >= 15 is 0 Å². The lowest BCUT2D eigenvalue weighted by Gasteiger charge is -2.41. The van der Waals surface area contributed by atoms with Gasteiger partial charge in [-0.05, 0) is 68.2 Å². The van der Waals surface area contributed by atoms with E-state index < -0.39 is 23.9 Å². The van der Waals surface area contributed by atoms with Crippen LogP contribution in [-0.4, -0.2) is 73.8 Å². The molecular formula is C27H39I2NO7. The molecule has 2 N–H and O–H groups in total. The average Bonchev–Trinajstić information content (AvgIpc) is 3.59. The van der Waals surface area contributed by atoms with E-state index in [-0.39, 0.29) is 39.7 Å². The third-order valence-electron chi connectivity index (χ3n) is 7.11. The molecule has 0 aliphatic carbocycles. The largest absolute Gasteiger partial charge is 0.459 e. The van der Waals surface area contributed by atoms with Gasteiger partial charge >= 0.3 is 5.97 Å². The highest BCUT2D eigenvalue weighted by Crippen LogP contribution is 2.49. The van der Waals surface area contributed by atoms with Crippen LogP contribution in [0, 0.1) is 5.92 Å². The second-order valence-corrected chi connectivity index (χ2v) is 13.2. The van der Waals surface area contributed by atoms with Crippen LogP contribution in [0.3, 0.4) is 0 Å². The number of amides is 1. The van der Waals surface area contributed by atoms with E-state index in [2.05, 4.69) is 63.5 Å². The quantitative estimate of drug-likeness (QED) is 0.0913. The van der Waals surface area contributed by atoms with Crippen LogP contribution in [-0.2, 0) is 28.5 Å². The van der Waals surface area contributed by atoms with E-state index in [1.165, 1.54) is 13.0 Å². The summed E-state index contributed by atoms with van der Waals surface area (Å²) in [5, 5.41) is 13.8. The van der Waals surface area contributed by atoms with Crippen LogP contribution < -0.4 is 5.32 Å². The smallest absolute Gasteiger partial charge is 0.303 e. The summed E-state index contributed by atoms with van der Waals surface area (Å²) in [5.74, 6) is -0.349. The Morgan fingerprint density at radius 3 is 2.59 bits per heavy atom. The molecule has 3 rings (SSSR count). The van der Waals surface area contributed by atoms with Gasteiger partial charge in [0.05, 0.1) is 24.9 Å². The minimum absolute atomic E-state index is 0.0479. The zero-order chi connectivity index (χ0) is 27.4. The Hall–Kier alpha value is -0.540. The minimum Gasteiger partial charge on any atom is -0.459 e. The molecule has 3 saturated heterocycles. The van der Waals surface area contributed by atoms with Gasteiger partial charge in [-0.1, -0.05) is 53.3 Å². The second kappa shape index (κ2) is 13.2. The van der Waals surface area contributed by atoms with Gasteiger partial charge in [-0.2, -0.15) is 0 Å². The van der Waals surface area contributed by atoms with Crippen molar-refractivity contribution in [1.29, 1.82) is 0 Å². The summed E-state index contributed by atoms with van der Waals surface area (Å²) in [4.78, 5) is 23.3. The van der Waals surface area contributed by atoms with Crippen molar-refractivity contribution in [3.05, 3.63) is 36.0 Å². The molecule has 9 atom stereocenters. The number of alkyl halides is 2. The molecule has 10 heteroatoms. The van der Waals surface area contributed by atoms with Crippen LogP contribution in [0.4, 0.5) is 0 Å². The Balaban J connectivity index is 1.50. The summed E-state index contributed by atoms with van der Waals surface area (Å²) < 4.78 is 23.6. The number of halogens is 2. The number of hydrogen-bond acceptors (Lipinski definition) is 7. The highest BCUT2D eigenvalue weighted by molar-refractivity contribution is 14.1. The van der Waals surface area contributed by atoms with Gasteiger partial charge < -0.3 is 29.4 Å². The summed E-state index contributed by atoms with van der Waals surface area (Å²) in [6.07, 6.45) is 9.71. The molecule has 0 unspecified atom stereocenters. The van der Waals surface area contributed by atoms with E-state index in [0.717, 1.165) is 22.8 Å². The maximum Gasteiger partial charge on any atom is 0.303 e. The normalized spacial score (nSPS) is 39.2. The van der Waals surface area contributed by atoms with Crippen LogP contribution in [0.15, 0.2) is 36.0 Å². The molecule has 0 aromatic heterocycles. The Labute approximate surface area is 247 Å². The van der Waals surface area contributed by atoms with Crippen molar-refractivity contribution in [2.24, 2.45) is 5.92 Å². The van der Waals surface area contributed by atoms with Gasteiger partial charge in [-0.25, -0.2) is 0 Å². The molecule has 3 heterocycles. The molecule has 37 heavy (non-hydrogen) atoms. The monoisotopic (exact) mass is 743 g/mol. The first-order valence-corrected chi connectivity index (χ1v) is 15.4. The van der Waals surface area contributed by atoms with E-state index in [0.29, 0.717) is 13.0 Å². The van der Waals surface area contributed by atoms with Crippen LogP contribution in [0.5, 0.6) is 0 Å². The number of esters is 1. The van der Waals surface area contributed by atoms with Crippen molar-refractivity contribution in [1.82, 2.24) is 5.32 Å². The molecule has 1 spiro atoms. The lowest BCUT2D eigenvalue weighted by atomic mass is 9.87. The SMILES string of the molecule is CC(=O)O[C@@H](C)/C=C\C(=O)N[C@@H]1C[C@H](C)[C@H](C/C=C(C)/C=C/[C@H]2O[C@@](I)(CI)C[C@@]3(CO3)[C@@H]2O)O[C@@H]1C. The molecule has 208 valence electrons. The third kappa shape index (κ3) is 8.72. The first-order chi connectivity index (χ1) is 17.4. The molecule has 0 aromatic rings. The van der Waals surface area contributed by atoms with Crippen LogP contribution in [0.25, 0.3) is 0 Å². The number of epoxide rings is 1. The van der Waals surface area contributed by atoms with Crippen LogP contribution >= 0.6 is 45.2 Å². The molecule has 0 bridgehead atoms. The molecule has 0 aromatic carbocycles. The van der Waals surface area contributed by atoms with Crippen molar-refractivity contribution < 1.29 is 33.6 Å². The van der Waals surface area contributed by atoms with Gasteiger partial charge in [0.15, 0.2) is 0 Å². The minimum atomic E-state index is -0.670. The summed E-state index contributed by atoms with van der Waals surface area (Å²) in [7, 11) is 0. The van der Waals surface area contributed by atoms with Gasteiger partial charge in [-0.3, -0.25) is 9.59 Å². The fourth-order valence-corrected chi connectivity index (χ4v) is 6.26. The topological polar surface area (TPSA) is 107 Å². The molecule has 0 saturated carbocycles. The highest BCUT2D eigenvalue weighted by atomic mass is 127. The number of carbonyl (C=O) groups excluding carboxylic acids is 2. The Morgan fingerprint density at radius 2 is 1.97 bits per heavy atom. The molecule has 3 aliphatic rings. The van der Waals surface area contributed by atoms with E-state index in [1.54, 1.807) is 13.0 Å². The predicted octanol–water partition coefficient (Wildman–Crippen LogP) is 4.17. The summed E-state index contributed by atoms with van der Waals surface area (Å²) in [5.41, 5.74) is 0.604. The number of carbonyl (C=O) groups is 2. The molecule has 3 fully saturated rings. The number of aliphatic hydroxyl groups excluding tert-OH is 1. The number of rotatable bonds is 9. The summed E-state index contributed by atoms with van der Waals surface area (Å²) in [6.45, 7) is 9.78. The molecule has 3 aliphatic heterocycles. The Kier molecular flexibility index (Phi) is 11.1. The van der Waals surface area contributed by atoms with Gasteiger partial charge in [0, 0.05) is 23.8 Å². The van der Waals surface area contributed by atoms with Crippen molar-refractivity contribution >= 4 is 57.1 Å². The first-order valence-electron chi connectivity index (χ1n) is 12.8. The number of ether oxygens (including phenoxy) is 4. The van der Waals surface area contributed by atoms with E-state index in [9.17, 15) is 14.7 Å². The van der Waals surface area contributed by atoms with Crippen molar-refractivity contribution in [2.75, 3.05) is 11.0 Å². The van der Waals surface area contributed by atoms with E-state index in [1.807, 2.05) is 26.0 Å². The third-order valence-corrected chi connectivity index (χ3v) is 10.8. The maximum absolute atomic E-state index is 12.3. The average molecular weight is 743 g/mol. The van der Waals surface area contributed by atoms with Gasteiger partial charge in [0.2, 0.25) is 5.91 Å². The fourth-order valence-electron chi connectivity index (χ4n) is 4.87. The molecular weight excluding hydrogens is 704 g/mol. The zero-order valence-electron chi connectivity index (χ0n) is 22.1. The van der Waals surface area contributed by atoms with Crippen molar-refractivity contribution in [3.63, 3.8) is 0 Å². The number of nitrogens with one attached hydrogen (secondary N) is 1. The van der Waals surface area contributed by atoms with Gasteiger partial charge in [0.1, 0.15) is 27.5 Å². The van der Waals surface area contributed by atoms with Gasteiger partial charge in [0.25, 0.3) is 0 Å². The maximum atomic E-state index is 12.3. The predicted molar refractivity (Wildman–Crippen MR) is 158 cm³/mol.